The Labute approximate surface area is 88.5 Å². The number of hydrogen-bond donors (Lipinski definition) is 2. The second kappa shape index (κ2) is 4.62. The van der Waals surface area contributed by atoms with E-state index >= 15 is 0 Å². The van der Waals surface area contributed by atoms with Gasteiger partial charge in [-0.15, -0.1) is 0 Å². The Morgan fingerprint density at radius 3 is 2.47 bits per heavy atom. The second-order valence-corrected chi connectivity index (χ2v) is 4.51. The molecule has 2 N–H and O–H groups in total. The van der Waals surface area contributed by atoms with E-state index in [9.17, 15) is 4.57 Å². The quantitative estimate of drug-likeness (QED) is 0.780. The molecule has 1 rings (SSSR count). The lowest BCUT2D eigenvalue weighted by atomic mass is 10.1. The zero-order chi connectivity index (χ0) is 11.5. The highest BCUT2D eigenvalue weighted by Gasteiger charge is 2.17. The average molecular weight is 228 g/mol. The summed E-state index contributed by atoms with van der Waals surface area (Å²) in [4.78, 5) is 17.4. The van der Waals surface area contributed by atoms with Crippen molar-refractivity contribution in [1.82, 2.24) is 0 Å². The number of hydrogen-bond acceptors (Lipinski definition) is 2. The van der Waals surface area contributed by atoms with Gasteiger partial charge in [0.1, 0.15) is 5.75 Å². The van der Waals surface area contributed by atoms with Crippen molar-refractivity contribution in [2.75, 3.05) is 0 Å². The van der Waals surface area contributed by atoms with Crippen LogP contribution in [-0.4, -0.2) is 9.79 Å². The van der Waals surface area contributed by atoms with Crippen LogP contribution in [0, 0.1) is 0 Å². The van der Waals surface area contributed by atoms with Gasteiger partial charge in [0.2, 0.25) is 0 Å². The molecule has 0 fully saturated rings. The number of benzene rings is 1. The van der Waals surface area contributed by atoms with E-state index in [1.54, 1.807) is 24.3 Å². The van der Waals surface area contributed by atoms with Crippen molar-refractivity contribution in [3.8, 4) is 5.75 Å². The van der Waals surface area contributed by atoms with Crippen LogP contribution in [0.2, 0.25) is 0 Å². The van der Waals surface area contributed by atoms with Crippen molar-refractivity contribution >= 4 is 13.9 Å². The van der Waals surface area contributed by atoms with Gasteiger partial charge in [0.25, 0.3) is 0 Å². The van der Waals surface area contributed by atoms with Gasteiger partial charge in [0.05, 0.1) is 0 Å². The third-order valence-electron chi connectivity index (χ3n) is 1.58. The number of phosphoric ester groups is 1. The molecule has 0 aliphatic carbocycles. The fourth-order valence-electron chi connectivity index (χ4n) is 1.12. The molecule has 1 aromatic rings. The molecule has 0 unspecified atom stereocenters. The number of rotatable bonds is 3. The van der Waals surface area contributed by atoms with E-state index in [-0.39, 0.29) is 5.75 Å². The van der Waals surface area contributed by atoms with Crippen molar-refractivity contribution in [2.45, 2.75) is 13.8 Å². The minimum Gasteiger partial charge on any atom is -0.404 e. The van der Waals surface area contributed by atoms with Gasteiger partial charge >= 0.3 is 7.82 Å². The average Bonchev–Trinajstić information content (AvgIpc) is 2.05. The molecule has 15 heavy (non-hydrogen) atoms. The van der Waals surface area contributed by atoms with Crippen LogP contribution in [0.1, 0.15) is 19.4 Å². The Balaban J connectivity index is 3.07. The minimum atomic E-state index is -4.49. The standard InChI is InChI=1S/C10H13O4P/c1-8(2)7-9-5-3-4-6-10(9)14-15(11,12)13/h3-7H,1-2H3,(H2,11,12,13). The first-order valence-corrected chi connectivity index (χ1v) is 5.90. The molecule has 4 nitrogen and oxygen atoms in total. The van der Waals surface area contributed by atoms with Gasteiger partial charge in [-0.1, -0.05) is 29.8 Å². The third-order valence-corrected chi connectivity index (χ3v) is 2.01. The fourth-order valence-corrected chi connectivity index (χ4v) is 1.54. The summed E-state index contributed by atoms with van der Waals surface area (Å²) in [7, 11) is -4.49. The summed E-state index contributed by atoms with van der Waals surface area (Å²) in [5.74, 6) is 0.187. The normalized spacial score (nSPS) is 10.9. The van der Waals surface area contributed by atoms with Crippen molar-refractivity contribution in [3.05, 3.63) is 35.4 Å². The van der Waals surface area contributed by atoms with E-state index in [0.29, 0.717) is 5.56 Å². The molecule has 0 saturated carbocycles. The zero-order valence-electron chi connectivity index (χ0n) is 8.54. The number of allylic oxidation sites excluding steroid dienone is 1. The highest BCUT2D eigenvalue weighted by atomic mass is 31.2. The lowest BCUT2D eigenvalue weighted by Gasteiger charge is -2.09. The summed E-state index contributed by atoms with van der Waals surface area (Å²) < 4.78 is 15.2. The van der Waals surface area contributed by atoms with E-state index in [2.05, 4.69) is 4.52 Å². The Kier molecular flexibility index (Phi) is 3.69. The van der Waals surface area contributed by atoms with E-state index in [1.807, 2.05) is 13.8 Å². The van der Waals surface area contributed by atoms with Crippen LogP contribution in [-0.2, 0) is 4.57 Å². The molecule has 0 aromatic heterocycles. The Morgan fingerprint density at radius 1 is 1.33 bits per heavy atom. The van der Waals surface area contributed by atoms with Crippen LogP contribution in [0.15, 0.2) is 29.8 Å². The summed E-state index contributed by atoms with van der Waals surface area (Å²) in [5.41, 5.74) is 1.68. The van der Waals surface area contributed by atoms with E-state index in [1.165, 1.54) is 6.07 Å². The van der Waals surface area contributed by atoms with Crippen LogP contribution in [0.25, 0.3) is 6.08 Å². The first-order valence-electron chi connectivity index (χ1n) is 4.37. The van der Waals surface area contributed by atoms with Crippen LogP contribution < -0.4 is 4.52 Å². The van der Waals surface area contributed by atoms with Crippen LogP contribution >= 0.6 is 7.82 Å². The van der Waals surface area contributed by atoms with Crippen molar-refractivity contribution in [1.29, 1.82) is 0 Å². The molecular weight excluding hydrogens is 215 g/mol. The molecule has 1 aromatic carbocycles. The molecule has 0 heterocycles. The predicted molar refractivity (Wildman–Crippen MR) is 58.4 cm³/mol. The first kappa shape index (κ1) is 12.0. The Hall–Kier alpha value is -1.09. The van der Waals surface area contributed by atoms with Crippen molar-refractivity contribution in [3.63, 3.8) is 0 Å². The minimum absolute atomic E-state index is 0.187. The number of phosphoric acid groups is 1. The zero-order valence-corrected chi connectivity index (χ0v) is 9.44. The Bertz CT molecular complexity index is 415. The van der Waals surface area contributed by atoms with E-state index < -0.39 is 7.82 Å². The topological polar surface area (TPSA) is 66.8 Å². The Morgan fingerprint density at radius 2 is 1.93 bits per heavy atom. The summed E-state index contributed by atoms with van der Waals surface area (Å²) in [5, 5.41) is 0. The highest BCUT2D eigenvalue weighted by molar-refractivity contribution is 7.46. The van der Waals surface area contributed by atoms with Crippen molar-refractivity contribution in [2.24, 2.45) is 0 Å². The molecule has 0 saturated heterocycles. The predicted octanol–water partition coefficient (Wildman–Crippen LogP) is 2.58. The monoisotopic (exact) mass is 228 g/mol. The summed E-state index contributed by atoms with van der Waals surface area (Å²) >= 11 is 0. The third kappa shape index (κ3) is 4.30. The largest absolute Gasteiger partial charge is 0.524 e. The summed E-state index contributed by atoms with van der Waals surface area (Å²) in [6.07, 6.45) is 1.80. The molecule has 5 heteroatoms. The molecule has 82 valence electrons. The van der Waals surface area contributed by atoms with Gasteiger partial charge < -0.3 is 4.52 Å². The SMILES string of the molecule is CC(C)=Cc1ccccc1OP(=O)(O)O. The molecule has 0 radical (unpaired) electrons. The first-order chi connectivity index (χ1) is 6.88. The van der Waals surface area contributed by atoms with Crippen molar-refractivity contribution < 1.29 is 18.9 Å². The maximum absolute atomic E-state index is 10.7. The molecule has 0 aliphatic heterocycles. The summed E-state index contributed by atoms with van der Waals surface area (Å²) in [6, 6.07) is 6.69. The molecule has 0 amide bonds. The van der Waals surface area contributed by atoms with Gasteiger partial charge in [0.15, 0.2) is 0 Å². The van der Waals surface area contributed by atoms with Crippen LogP contribution in [0.3, 0.4) is 0 Å². The number of para-hydroxylation sites is 1. The van der Waals surface area contributed by atoms with Gasteiger partial charge in [0, 0.05) is 5.56 Å². The molecule has 0 atom stereocenters. The van der Waals surface area contributed by atoms with Gasteiger partial charge in [-0.2, -0.15) is 0 Å². The smallest absolute Gasteiger partial charge is 0.404 e. The fraction of sp³-hybridized carbons (Fsp3) is 0.200. The van der Waals surface area contributed by atoms with Gasteiger partial charge in [-0.25, -0.2) is 4.57 Å². The van der Waals surface area contributed by atoms with Crippen LogP contribution in [0.5, 0.6) is 5.75 Å². The molecular formula is C10H13O4P. The lowest BCUT2D eigenvalue weighted by Crippen LogP contribution is -1.92. The lowest BCUT2D eigenvalue weighted by molar-refractivity contribution is 0.283. The molecule has 0 bridgehead atoms. The van der Waals surface area contributed by atoms with E-state index in [0.717, 1.165) is 5.57 Å². The molecule has 0 aliphatic rings. The van der Waals surface area contributed by atoms with E-state index in [4.69, 9.17) is 9.79 Å². The molecule has 0 spiro atoms. The maximum atomic E-state index is 10.7. The second-order valence-electron chi connectivity index (χ2n) is 3.34. The van der Waals surface area contributed by atoms with Gasteiger partial charge in [-0.05, 0) is 19.9 Å². The van der Waals surface area contributed by atoms with Gasteiger partial charge in [-0.3, -0.25) is 9.79 Å². The maximum Gasteiger partial charge on any atom is 0.524 e. The highest BCUT2D eigenvalue weighted by Crippen LogP contribution is 2.39. The summed E-state index contributed by atoms with van der Waals surface area (Å²) in [6.45, 7) is 3.79. The van der Waals surface area contributed by atoms with Crippen LogP contribution in [0.4, 0.5) is 0 Å².